The van der Waals surface area contributed by atoms with Crippen LogP contribution in [0.4, 0.5) is 10.5 Å². The van der Waals surface area contributed by atoms with Crippen LogP contribution >= 0.6 is 0 Å². The van der Waals surface area contributed by atoms with Crippen molar-refractivity contribution in [3.05, 3.63) is 12.4 Å². The molecule has 0 radical (unpaired) electrons. The fourth-order valence-corrected chi connectivity index (χ4v) is 3.77. The number of carbonyl (C=O) groups excluding carboxylic acids is 1. The fourth-order valence-electron chi connectivity index (χ4n) is 3.77. The monoisotopic (exact) mass is 292 g/mol. The Morgan fingerprint density at radius 2 is 2.19 bits per heavy atom. The molecule has 2 bridgehead atoms. The van der Waals surface area contributed by atoms with E-state index in [1.165, 1.54) is 0 Å². The third-order valence-electron chi connectivity index (χ3n) is 4.71. The van der Waals surface area contributed by atoms with E-state index in [9.17, 15) is 14.7 Å². The number of fused-ring (bicyclic) bond motifs is 2. The van der Waals surface area contributed by atoms with Gasteiger partial charge in [0.15, 0.2) is 0 Å². The van der Waals surface area contributed by atoms with E-state index in [0.717, 1.165) is 25.8 Å². The second kappa shape index (κ2) is 5.38. The largest absolute Gasteiger partial charge is 0.481 e. The number of nitrogens with zero attached hydrogens (tertiary/aromatic N) is 2. The van der Waals surface area contributed by atoms with Crippen LogP contribution in [0, 0.1) is 17.8 Å². The fraction of sp³-hybridized carbons (Fsp3) is 0.643. The van der Waals surface area contributed by atoms with Crippen LogP contribution in [0.25, 0.3) is 0 Å². The first-order valence-electron chi connectivity index (χ1n) is 7.41. The maximum atomic E-state index is 12.1. The van der Waals surface area contributed by atoms with Crippen LogP contribution in [0.1, 0.15) is 26.2 Å². The number of aromatic nitrogens is 2. The summed E-state index contributed by atoms with van der Waals surface area (Å²) in [5.41, 5.74) is 0.615. The summed E-state index contributed by atoms with van der Waals surface area (Å²) in [6.45, 7) is 2.69. The summed E-state index contributed by atoms with van der Waals surface area (Å²) in [7, 11) is 0. The van der Waals surface area contributed by atoms with Gasteiger partial charge in [0.25, 0.3) is 0 Å². The SMILES string of the molecule is CCn1cc(NC(=O)NC2C3CCC(C3)C2C(=O)O)cn1. The molecule has 7 nitrogen and oxygen atoms in total. The zero-order valence-corrected chi connectivity index (χ0v) is 12.0. The van der Waals surface area contributed by atoms with Gasteiger partial charge >= 0.3 is 12.0 Å². The van der Waals surface area contributed by atoms with E-state index < -0.39 is 11.9 Å². The molecule has 7 heteroatoms. The lowest BCUT2D eigenvalue weighted by Gasteiger charge is -2.28. The molecular weight excluding hydrogens is 272 g/mol. The van der Waals surface area contributed by atoms with Crippen molar-refractivity contribution in [3.63, 3.8) is 0 Å². The molecule has 1 aromatic rings. The number of nitrogens with one attached hydrogen (secondary N) is 2. The molecule has 0 aliphatic heterocycles. The first kappa shape index (κ1) is 13.9. The molecule has 0 aromatic carbocycles. The zero-order chi connectivity index (χ0) is 15.0. The van der Waals surface area contributed by atoms with E-state index >= 15 is 0 Å². The van der Waals surface area contributed by atoms with Crippen LogP contribution in [0.3, 0.4) is 0 Å². The molecule has 0 spiro atoms. The van der Waals surface area contributed by atoms with E-state index in [-0.39, 0.29) is 18.0 Å². The molecule has 2 amide bonds. The molecule has 4 atom stereocenters. The van der Waals surface area contributed by atoms with Crippen molar-refractivity contribution in [2.75, 3.05) is 5.32 Å². The molecule has 4 unspecified atom stereocenters. The number of urea groups is 1. The summed E-state index contributed by atoms with van der Waals surface area (Å²) in [4.78, 5) is 23.5. The van der Waals surface area contributed by atoms with Crippen LogP contribution < -0.4 is 10.6 Å². The van der Waals surface area contributed by atoms with Crippen molar-refractivity contribution in [1.29, 1.82) is 0 Å². The predicted molar refractivity (Wildman–Crippen MR) is 75.8 cm³/mol. The Kier molecular flexibility index (Phi) is 3.57. The van der Waals surface area contributed by atoms with Gasteiger partial charge in [0, 0.05) is 18.8 Å². The summed E-state index contributed by atoms with van der Waals surface area (Å²) in [6, 6.07) is -0.614. The molecule has 2 saturated carbocycles. The summed E-state index contributed by atoms with van der Waals surface area (Å²) in [5.74, 6) is -0.750. The Balaban J connectivity index is 1.62. The topological polar surface area (TPSA) is 96.2 Å². The Hall–Kier alpha value is -2.05. The number of rotatable bonds is 4. The molecule has 2 aliphatic carbocycles. The van der Waals surface area contributed by atoms with E-state index in [2.05, 4.69) is 15.7 Å². The minimum atomic E-state index is -0.800. The van der Waals surface area contributed by atoms with Crippen LogP contribution in [0.5, 0.6) is 0 Å². The van der Waals surface area contributed by atoms with Gasteiger partial charge in [0.2, 0.25) is 0 Å². The van der Waals surface area contributed by atoms with Gasteiger partial charge in [-0.1, -0.05) is 0 Å². The van der Waals surface area contributed by atoms with Crippen molar-refractivity contribution in [2.45, 2.75) is 38.8 Å². The molecular formula is C14H20N4O3. The lowest BCUT2D eigenvalue weighted by molar-refractivity contribution is -0.144. The van der Waals surface area contributed by atoms with Gasteiger partial charge in [0.05, 0.1) is 17.8 Å². The highest BCUT2D eigenvalue weighted by molar-refractivity contribution is 5.89. The van der Waals surface area contributed by atoms with Crippen LogP contribution in [-0.4, -0.2) is 32.9 Å². The number of carboxylic acid groups (broad SMARTS) is 1. The number of amides is 2. The molecule has 3 N–H and O–H groups in total. The summed E-state index contributed by atoms with van der Waals surface area (Å²) >= 11 is 0. The van der Waals surface area contributed by atoms with Gasteiger partial charge in [-0.05, 0) is 38.0 Å². The van der Waals surface area contributed by atoms with E-state index in [4.69, 9.17) is 0 Å². The number of carbonyl (C=O) groups is 2. The number of carboxylic acids is 1. The number of anilines is 1. The van der Waals surface area contributed by atoms with Crippen molar-refractivity contribution in [2.24, 2.45) is 17.8 Å². The molecule has 1 aromatic heterocycles. The van der Waals surface area contributed by atoms with E-state index in [1.807, 2.05) is 6.92 Å². The average Bonchev–Trinajstić information content (AvgIpc) is 3.13. The summed E-state index contributed by atoms with van der Waals surface area (Å²) < 4.78 is 1.72. The lowest BCUT2D eigenvalue weighted by Crippen LogP contribution is -2.48. The standard InChI is InChI=1S/C14H20N4O3/c1-2-18-7-10(6-15-18)16-14(21)17-12-9-4-3-8(5-9)11(12)13(19)20/h6-9,11-12H,2-5H2,1H3,(H,19,20)(H2,16,17,21). The molecule has 21 heavy (non-hydrogen) atoms. The van der Waals surface area contributed by atoms with Gasteiger partial charge < -0.3 is 15.7 Å². The number of aryl methyl sites for hydroxylation is 1. The number of hydrogen-bond acceptors (Lipinski definition) is 3. The van der Waals surface area contributed by atoms with E-state index in [0.29, 0.717) is 11.6 Å². The molecule has 2 fully saturated rings. The summed E-state index contributed by atoms with van der Waals surface area (Å²) in [6.07, 6.45) is 6.21. The third kappa shape index (κ3) is 2.59. The zero-order valence-electron chi connectivity index (χ0n) is 12.0. The summed E-state index contributed by atoms with van der Waals surface area (Å²) in [5, 5.41) is 19.0. The lowest BCUT2D eigenvalue weighted by atomic mass is 9.84. The van der Waals surface area contributed by atoms with Crippen molar-refractivity contribution in [3.8, 4) is 0 Å². The van der Waals surface area contributed by atoms with Gasteiger partial charge in [-0.2, -0.15) is 5.10 Å². The minimum absolute atomic E-state index is 0.209. The first-order chi connectivity index (χ1) is 10.1. The van der Waals surface area contributed by atoms with Crippen molar-refractivity contribution < 1.29 is 14.7 Å². The quantitative estimate of drug-likeness (QED) is 0.784. The first-order valence-corrected chi connectivity index (χ1v) is 7.41. The van der Waals surface area contributed by atoms with Crippen LogP contribution in [-0.2, 0) is 11.3 Å². The van der Waals surface area contributed by atoms with Crippen LogP contribution in [0.2, 0.25) is 0 Å². The highest BCUT2D eigenvalue weighted by Crippen LogP contribution is 2.48. The molecule has 2 aliphatic rings. The van der Waals surface area contributed by atoms with Gasteiger partial charge in [-0.15, -0.1) is 0 Å². The highest BCUT2D eigenvalue weighted by Gasteiger charge is 2.51. The maximum Gasteiger partial charge on any atom is 0.319 e. The normalized spacial score (nSPS) is 30.3. The van der Waals surface area contributed by atoms with Crippen molar-refractivity contribution >= 4 is 17.7 Å². The highest BCUT2D eigenvalue weighted by atomic mass is 16.4. The second-order valence-electron chi connectivity index (χ2n) is 5.91. The molecule has 1 heterocycles. The van der Waals surface area contributed by atoms with Crippen molar-refractivity contribution in [1.82, 2.24) is 15.1 Å². The van der Waals surface area contributed by atoms with Gasteiger partial charge in [0.1, 0.15) is 0 Å². The second-order valence-corrected chi connectivity index (χ2v) is 5.91. The van der Waals surface area contributed by atoms with Gasteiger partial charge in [-0.3, -0.25) is 9.48 Å². The smallest absolute Gasteiger partial charge is 0.319 e. The van der Waals surface area contributed by atoms with E-state index in [1.54, 1.807) is 17.1 Å². The Bertz CT molecular complexity index is 556. The molecule has 3 rings (SSSR count). The molecule has 0 saturated heterocycles. The Morgan fingerprint density at radius 1 is 1.43 bits per heavy atom. The number of aliphatic carboxylic acids is 1. The molecule has 114 valence electrons. The maximum absolute atomic E-state index is 12.1. The van der Waals surface area contributed by atoms with Crippen LogP contribution in [0.15, 0.2) is 12.4 Å². The number of hydrogen-bond donors (Lipinski definition) is 3. The third-order valence-corrected chi connectivity index (χ3v) is 4.71. The Morgan fingerprint density at radius 3 is 2.86 bits per heavy atom. The van der Waals surface area contributed by atoms with Gasteiger partial charge in [-0.25, -0.2) is 4.79 Å². The average molecular weight is 292 g/mol. The predicted octanol–water partition coefficient (Wildman–Crippen LogP) is 1.52. The minimum Gasteiger partial charge on any atom is -0.481 e. The Labute approximate surface area is 122 Å².